The first-order valence-electron chi connectivity index (χ1n) is 8.10. The summed E-state index contributed by atoms with van der Waals surface area (Å²) in [7, 11) is 4.01. The van der Waals surface area contributed by atoms with E-state index in [-0.39, 0.29) is 11.2 Å². The topological polar surface area (TPSA) is 30.5 Å². The molecule has 2 unspecified atom stereocenters. The molecule has 0 amide bonds. The third-order valence-electron chi connectivity index (χ3n) is 6.00. The van der Waals surface area contributed by atoms with E-state index in [1.807, 2.05) is 7.11 Å². The molecule has 2 atom stereocenters. The Labute approximate surface area is 117 Å². The summed E-state index contributed by atoms with van der Waals surface area (Å²) in [5, 5.41) is 3.59. The van der Waals surface area contributed by atoms with Crippen molar-refractivity contribution in [1.82, 2.24) is 5.32 Å². The molecular weight excluding hydrogens is 238 g/mol. The first kappa shape index (κ1) is 13.8. The third-order valence-corrected chi connectivity index (χ3v) is 6.00. The summed E-state index contributed by atoms with van der Waals surface area (Å²) in [5.41, 5.74) is 0.327. The lowest BCUT2D eigenvalue weighted by molar-refractivity contribution is -0.145. The lowest BCUT2D eigenvalue weighted by Crippen LogP contribution is -2.60. The molecule has 3 heteroatoms. The first-order valence-corrected chi connectivity index (χ1v) is 8.10. The minimum Gasteiger partial charge on any atom is -0.377 e. The molecule has 3 fully saturated rings. The Hall–Kier alpha value is -0.120. The minimum atomic E-state index is 0.108. The van der Waals surface area contributed by atoms with Crippen molar-refractivity contribution in [3.63, 3.8) is 0 Å². The average Bonchev–Trinajstić information content (AvgIpc) is 2.81. The predicted octanol–water partition coefficient (Wildman–Crippen LogP) is 2.88. The number of nitrogens with one attached hydrogen (secondary N) is 1. The van der Waals surface area contributed by atoms with Gasteiger partial charge in [-0.05, 0) is 57.9 Å². The molecule has 3 nitrogen and oxygen atoms in total. The summed E-state index contributed by atoms with van der Waals surface area (Å²) in [6.45, 7) is 0.947. The van der Waals surface area contributed by atoms with Crippen LogP contribution in [0.3, 0.4) is 0 Å². The van der Waals surface area contributed by atoms with Crippen LogP contribution in [0.25, 0.3) is 0 Å². The zero-order valence-electron chi connectivity index (χ0n) is 12.5. The molecule has 0 aromatic rings. The Bertz CT molecular complexity index is 302. The number of likely N-dealkylation sites (N-methyl/N-ethyl adjacent to an activating group) is 1. The Morgan fingerprint density at radius 2 is 1.89 bits per heavy atom. The maximum Gasteiger partial charge on any atom is 0.0833 e. The number of hydrogen-bond donors (Lipinski definition) is 1. The smallest absolute Gasteiger partial charge is 0.0833 e. The highest BCUT2D eigenvalue weighted by Crippen LogP contribution is 2.47. The second-order valence-electron chi connectivity index (χ2n) is 6.88. The number of rotatable bonds is 4. The van der Waals surface area contributed by atoms with Crippen LogP contribution < -0.4 is 5.32 Å². The molecule has 1 saturated heterocycles. The van der Waals surface area contributed by atoms with Gasteiger partial charge >= 0.3 is 0 Å². The average molecular weight is 267 g/mol. The summed E-state index contributed by atoms with van der Waals surface area (Å²) in [4.78, 5) is 0. The molecule has 1 spiro atoms. The van der Waals surface area contributed by atoms with Gasteiger partial charge in [-0.25, -0.2) is 0 Å². The van der Waals surface area contributed by atoms with Gasteiger partial charge < -0.3 is 14.8 Å². The summed E-state index contributed by atoms with van der Waals surface area (Å²) in [5.74, 6) is 0.720. The van der Waals surface area contributed by atoms with Gasteiger partial charge in [-0.1, -0.05) is 12.8 Å². The fraction of sp³-hybridized carbons (Fsp3) is 1.00. The van der Waals surface area contributed by atoms with Gasteiger partial charge in [-0.3, -0.25) is 0 Å². The van der Waals surface area contributed by atoms with Gasteiger partial charge in [-0.15, -0.1) is 0 Å². The summed E-state index contributed by atoms with van der Waals surface area (Å²) < 4.78 is 12.1. The molecule has 19 heavy (non-hydrogen) atoms. The molecule has 2 saturated carbocycles. The van der Waals surface area contributed by atoms with Crippen LogP contribution in [0.5, 0.6) is 0 Å². The molecule has 1 aliphatic heterocycles. The zero-order chi connectivity index (χ0) is 13.3. The lowest BCUT2D eigenvalue weighted by atomic mass is 9.67. The van der Waals surface area contributed by atoms with Gasteiger partial charge in [0.1, 0.15) is 0 Å². The zero-order valence-corrected chi connectivity index (χ0v) is 12.5. The van der Waals surface area contributed by atoms with E-state index in [0.717, 1.165) is 12.5 Å². The Morgan fingerprint density at radius 3 is 2.42 bits per heavy atom. The number of ether oxygens (including phenoxy) is 2. The molecule has 0 aromatic heterocycles. The predicted molar refractivity (Wildman–Crippen MR) is 76.3 cm³/mol. The quantitative estimate of drug-likeness (QED) is 0.849. The van der Waals surface area contributed by atoms with Crippen molar-refractivity contribution in [1.29, 1.82) is 0 Å². The van der Waals surface area contributed by atoms with E-state index in [2.05, 4.69) is 12.4 Å². The highest BCUT2D eigenvalue weighted by atomic mass is 16.5. The number of methoxy groups -OCH3 is 1. The minimum absolute atomic E-state index is 0.108. The van der Waals surface area contributed by atoms with Gasteiger partial charge in [0.25, 0.3) is 0 Å². The molecule has 3 aliphatic rings. The van der Waals surface area contributed by atoms with E-state index in [0.29, 0.717) is 6.04 Å². The van der Waals surface area contributed by atoms with Crippen LogP contribution in [0.4, 0.5) is 0 Å². The van der Waals surface area contributed by atoms with Crippen LogP contribution in [-0.4, -0.2) is 38.0 Å². The molecule has 3 rings (SSSR count). The summed E-state index contributed by atoms with van der Waals surface area (Å²) in [6, 6.07) is 0.507. The highest BCUT2D eigenvalue weighted by molar-refractivity contribution is 5.05. The second-order valence-corrected chi connectivity index (χ2v) is 6.88. The standard InChI is InChI=1S/C16H29NO2/c1-17-14(16(18-2)9-5-10-16)13-6-11-19-15(12-13)7-3-4-8-15/h13-14,17H,3-12H2,1-2H3. The van der Waals surface area contributed by atoms with Crippen molar-refractivity contribution in [2.24, 2.45) is 5.92 Å². The van der Waals surface area contributed by atoms with Crippen molar-refractivity contribution in [2.75, 3.05) is 20.8 Å². The molecule has 0 bridgehead atoms. The van der Waals surface area contributed by atoms with Crippen molar-refractivity contribution in [3.8, 4) is 0 Å². The van der Waals surface area contributed by atoms with Crippen LogP contribution in [0.15, 0.2) is 0 Å². The molecule has 1 N–H and O–H groups in total. The first-order chi connectivity index (χ1) is 9.24. The summed E-state index contributed by atoms with van der Waals surface area (Å²) in [6.07, 6.45) is 11.5. The van der Waals surface area contributed by atoms with Gasteiger partial charge in [0.2, 0.25) is 0 Å². The van der Waals surface area contributed by atoms with Crippen molar-refractivity contribution >= 4 is 0 Å². The fourth-order valence-electron chi connectivity index (χ4n) is 4.81. The van der Waals surface area contributed by atoms with E-state index >= 15 is 0 Å². The molecule has 0 aromatic carbocycles. The van der Waals surface area contributed by atoms with Crippen LogP contribution in [0, 0.1) is 5.92 Å². The van der Waals surface area contributed by atoms with E-state index in [1.165, 1.54) is 57.8 Å². The van der Waals surface area contributed by atoms with Gasteiger partial charge in [-0.2, -0.15) is 0 Å². The molecule has 0 radical (unpaired) electrons. The molecule has 110 valence electrons. The van der Waals surface area contributed by atoms with Crippen molar-refractivity contribution in [3.05, 3.63) is 0 Å². The Balaban J connectivity index is 1.72. The van der Waals surface area contributed by atoms with Crippen LogP contribution >= 0.6 is 0 Å². The number of hydrogen-bond acceptors (Lipinski definition) is 3. The second kappa shape index (κ2) is 5.34. The van der Waals surface area contributed by atoms with Crippen molar-refractivity contribution in [2.45, 2.75) is 75.0 Å². The third kappa shape index (κ3) is 2.34. The maximum absolute atomic E-state index is 6.18. The van der Waals surface area contributed by atoms with Crippen LogP contribution in [0.2, 0.25) is 0 Å². The molecule has 1 heterocycles. The van der Waals surface area contributed by atoms with Crippen LogP contribution in [-0.2, 0) is 9.47 Å². The molecular formula is C16H29NO2. The summed E-state index contributed by atoms with van der Waals surface area (Å²) >= 11 is 0. The Kier molecular flexibility index (Phi) is 3.89. The Morgan fingerprint density at radius 1 is 1.16 bits per heavy atom. The molecule has 2 aliphatic carbocycles. The van der Waals surface area contributed by atoms with Gasteiger partial charge in [0.15, 0.2) is 0 Å². The SMILES string of the molecule is CNC(C1CCOC2(CCCC2)C1)C1(OC)CCC1. The van der Waals surface area contributed by atoms with E-state index < -0.39 is 0 Å². The van der Waals surface area contributed by atoms with Crippen molar-refractivity contribution < 1.29 is 9.47 Å². The fourth-order valence-corrected chi connectivity index (χ4v) is 4.81. The van der Waals surface area contributed by atoms with Gasteiger partial charge in [0.05, 0.1) is 11.2 Å². The normalized spacial score (nSPS) is 34.1. The van der Waals surface area contributed by atoms with Crippen LogP contribution in [0.1, 0.15) is 57.8 Å². The lowest BCUT2D eigenvalue weighted by Gasteiger charge is -2.52. The largest absolute Gasteiger partial charge is 0.377 e. The van der Waals surface area contributed by atoms with E-state index in [4.69, 9.17) is 9.47 Å². The maximum atomic E-state index is 6.18. The highest BCUT2D eigenvalue weighted by Gasteiger charge is 2.50. The van der Waals surface area contributed by atoms with E-state index in [1.54, 1.807) is 0 Å². The monoisotopic (exact) mass is 267 g/mol. The van der Waals surface area contributed by atoms with E-state index in [9.17, 15) is 0 Å². The van der Waals surface area contributed by atoms with Gasteiger partial charge in [0, 0.05) is 19.8 Å².